The molecule has 2 heterocycles. The molecular weight excluding hydrogens is 423 g/mol. The monoisotopic (exact) mass is 446 g/mol. The second-order valence-corrected chi connectivity index (χ2v) is 8.07. The molecule has 0 radical (unpaired) electrons. The molecule has 0 N–H and O–H groups in total. The van der Waals surface area contributed by atoms with Crippen LogP contribution in [0.2, 0.25) is 0 Å². The van der Waals surface area contributed by atoms with Gasteiger partial charge in [0.05, 0.1) is 24.0 Å². The third-order valence-electron chi connectivity index (χ3n) is 5.88. The van der Waals surface area contributed by atoms with Crippen molar-refractivity contribution in [3.8, 4) is 5.75 Å². The van der Waals surface area contributed by atoms with Crippen LogP contribution in [-0.2, 0) is 14.4 Å². The van der Waals surface area contributed by atoms with Crippen LogP contribution in [-0.4, -0.2) is 24.5 Å². The maximum Gasteiger partial charge on any atom is 0.266 e. The molecule has 5 rings (SSSR count). The summed E-state index contributed by atoms with van der Waals surface area (Å²) in [4.78, 5) is 34.1. The standard InChI is InChI=1S/C26H23FN2O4/c1-2-15-32-21-13-11-19(12-14-21)28-25(30)22-23(17-7-6-8-18(27)16-17)29(33-24(22)26(28)31)20-9-4-3-5-10-20/h3-14,16,22-24H,2,15H2,1H3/t22-,23-,24+/m1/s1. The molecule has 2 saturated heterocycles. The van der Waals surface area contributed by atoms with Crippen LogP contribution in [0, 0.1) is 11.7 Å². The number of nitrogens with zero attached hydrogens (tertiary/aromatic N) is 2. The van der Waals surface area contributed by atoms with E-state index in [1.807, 2.05) is 37.3 Å². The summed E-state index contributed by atoms with van der Waals surface area (Å²) in [6.07, 6.45) is -0.118. The van der Waals surface area contributed by atoms with Gasteiger partial charge in [-0.15, -0.1) is 0 Å². The molecule has 0 unspecified atom stereocenters. The number of hydrogen-bond donors (Lipinski definition) is 0. The lowest BCUT2D eigenvalue weighted by molar-refractivity contribution is -0.126. The molecule has 7 heteroatoms. The number of hydrogen-bond acceptors (Lipinski definition) is 5. The molecule has 2 aliphatic heterocycles. The van der Waals surface area contributed by atoms with E-state index in [1.165, 1.54) is 12.1 Å². The molecule has 0 aromatic heterocycles. The number of carbonyl (C=O) groups excluding carboxylic acids is 2. The van der Waals surface area contributed by atoms with Crippen molar-refractivity contribution in [1.29, 1.82) is 0 Å². The minimum atomic E-state index is -0.998. The van der Waals surface area contributed by atoms with Gasteiger partial charge in [0.15, 0.2) is 6.10 Å². The number of carbonyl (C=O) groups is 2. The largest absolute Gasteiger partial charge is 0.494 e. The zero-order valence-corrected chi connectivity index (χ0v) is 18.1. The zero-order valence-electron chi connectivity index (χ0n) is 18.1. The summed E-state index contributed by atoms with van der Waals surface area (Å²) >= 11 is 0. The summed E-state index contributed by atoms with van der Waals surface area (Å²) in [6.45, 7) is 2.60. The number of ether oxygens (including phenoxy) is 1. The summed E-state index contributed by atoms with van der Waals surface area (Å²) in [6, 6.07) is 21.5. The van der Waals surface area contributed by atoms with Gasteiger partial charge < -0.3 is 4.74 Å². The molecule has 2 fully saturated rings. The van der Waals surface area contributed by atoms with E-state index in [-0.39, 0.29) is 5.91 Å². The maximum absolute atomic E-state index is 14.1. The average molecular weight is 446 g/mol. The first-order chi connectivity index (χ1) is 16.1. The van der Waals surface area contributed by atoms with Gasteiger partial charge in [-0.2, -0.15) is 0 Å². The highest BCUT2D eigenvalue weighted by Gasteiger charge is 2.60. The summed E-state index contributed by atoms with van der Waals surface area (Å²) in [5, 5.41) is 1.55. The van der Waals surface area contributed by atoms with Crippen LogP contribution in [0.1, 0.15) is 24.9 Å². The van der Waals surface area contributed by atoms with E-state index in [4.69, 9.17) is 9.57 Å². The molecule has 3 aromatic carbocycles. The second kappa shape index (κ2) is 8.67. The molecule has 2 aliphatic rings. The number of amides is 2. The molecule has 0 saturated carbocycles. The minimum absolute atomic E-state index is 0.375. The number of fused-ring (bicyclic) bond motifs is 1. The highest BCUT2D eigenvalue weighted by Crippen LogP contribution is 2.47. The average Bonchev–Trinajstić information content (AvgIpc) is 3.35. The predicted molar refractivity (Wildman–Crippen MR) is 121 cm³/mol. The van der Waals surface area contributed by atoms with Crippen molar-refractivity contribution in [1.82, 2.24) is 0 Å². The van der Waals surface area contributed by atoms with Gasteiger partial charge in [0, 0.05) is 0 Å². The Bertz CT molecular complexity index is 1170. The number of para-hydroxylation sites is 1. The Hall–Kier alpha value is -3.71. The van der Waals surface area contributed by atoms with Crippen molar-refractivity contribution < 1.29 is 23.6 Å². The normalized spacial score (nSPS) is 22.1. The fraction of sp³-hybridized carbons (Fsp3) is 0.231. The molecule has 6 nitrogen and oxygen atoms in total. The van der Waals surface area contributed by atoms with Crippen LogP contribution in [0.5, 0.6) is 5.75 Å². The first kappa shape index (κ1) is 21.2. The van der Waals surface area contributed by atoms with E-state index in [2.05, 4.69) is 0 Å². The van der Waals surface area contributed by atoms with Crippen molar-refractivity contribution in [3.63, 3.8) is 0 Å². The molecule has 0 bridgehead atoms. The minimum Gasteiger partial charge on any atom is -0.494 e. The molecular formula is C26H23FN2O4. The van der Waals surface area contributed by atoms with Crippen LogP contribution in [0.4, 0.5) is 15.8 Å². The van der Waals surface area contributed by atoms with Gasteiger partial charge in [0.25, 0.3) is 5.91 Å². The van der Waals surface area contributed by atoms with Crippen molar-refractivity contribution in [2.24, 2.45) is 5.92 Å². The van der Waals surface area contributed by atoms with Gasteiger partial charge in [0.2, 0.25) is 5.91 Å². The molecule has 168 valence electrons. The van der Waals surface area contributed by atoms with Gasteiger partial charge >= 0.3 is 0 Å². The zero-order chi connectivity index (χ0) is 22.9. The number of halogens is 1. The van der Waals surface area contributed by atoms with Gasteiger partial charge in [-0.25, -0.2) is 14.4 Å². The third kappa shape index (κ3) is 3.74. The van der Waals surface area contributed by atoms with Gasteiger partial charge in [-0.05, 0) is 60.5 Å². The van der Waals surface area contributed by atoms with Crippen LogP contribution in [0.3, 0.4) is 0 Å². The number of rotatable bonds is 6. The molecule has 3 aromatic rings. The maximum atomic E-state index is 14.1. The van der Waals surface area contributed by atoms with Crippen molar-refractivity contribution in [3.05, 3.63) is 90.2 Å². The number of imide groups is 1. The van der Waals surface area contributed by atoms with E-state index in [0.717, 1.165) is 11.3 Å². The lowest BCUT2D eigenvalue weighted by atomic mass is 9.90. The predicted octanol–water partition coefficient (Wildman–Crippen LogP) is 4.67. The third-order valence-corrected chi connectivity index (χ3v) is 5.88. The fourth-order valence-corrected chi connectivity index (χ4v) is 4.41. The van der Waals surface area contributed by atoms with Crippen LogP contribution >= 0.6 is 0 Å². The molecule has 0 aliphatic carbocycles. The first-order valence-corrected chi connectivity index (χ1v) is 11.0. The quantitative estimate of drug-likeness (QED) is 0.515. The van der Waals surface area contributed by atoms with E-state index >= 15 is 0 Å². The topological polar surface area (TPSA) is 59.1 Å². The van der Waals surface area contributed by atoms with E-state index in [0.29, 0.717) is 29.3 Å². The molecule has 3 atom stereocenters. The van der Waals surface area contributed by atoms with E-state index < -0.39 is 29.8 Å². The highest BCUT2D eigenvalue weighted by atomic mass is 19.1. The summed E-state index contributed by atoms with van der Waals surface area (Å²) in [7, 11) is 0. The lowest BCUT2D eigenvalue weighted by Gasteiger charge is -2.28. The SMILES string of the molecule is CCCOc1ccc(N2C(=O)[C@H]3[C@H](ON(c4ccccc4)[C@@H]3c3cccc(F)c3)C2=O)cc1. The van der Waals surface area contributed by atoms with Crippen LogP contribution < -0.4 is 14.7 Å². The Balaban J connectivity index is 1.50. The smallest absolute Gasteiger partial charge is 0.266 e. The van der Waals surface area contributed by atoms with Gasteiger partial charge in [-0.1, -0.05) is 37.3 Å². The Morgan fingerprint density at radius 2 is 1.67 bits per heavy atom. The van der Waals surface area contributed by atoms with E-state index in [9.17, 15) is 14.0 Å². The summed E-state index contributed by atoms with van der Waals surface area (Å²) < 4.78 is 19.7. The summed E-state index contributed by atoms with van der Waals surface area (Å²) in [5.74, 6) is -1.37. The Morgan fingerprint density at radius 1 is 0.909 bits per heavy atom. The fourth-order valence-electron chi connectivity index (χ4n) is 4.41. The Labute approximate surface area is 191 Å². The van der Waals surface area contributed by atoms with Crippen LogP contribution in [0.25, 0.3) is 0 Å². The van der Waals surface area contributed by atoms with Gasteiger partial charge in [0.1, 0.15) is 17.5 Å². The Kier molecular flexibility index (Phi) is 5.56. The van der Waals surface area contributed by atoms with Crippen molar-refractivity contribution in [2.75, 3.05) is 16.6 Å². The number of hydroxylamine groups is 1. The number of benzene rings is 3. The molecule has 2 amide bonds. The van der Waals surface area contributed by atoms with E-state index in [1.54, 1.807) is 41.5 Å². The van der Waals surface area contributed by atoms with Gasteiger partial charge in [-0.3, -0.25) is 14.4 Å². The Morgan fingerprint density at radius 3 is 2.36 bits per heavy atom. The second-order valence-electron chi connectivity index (χ2n) is 8.07. The highest BCUT2D eigenvalue weighted by molar-refractivity contribution is 6.23. The first-order valence-electron chi connectivity index (χ1n) is 11.0. The molecule has 0 spiro atoms. The molecule has 33 heavy (non-hydrogen) atoms. The van der Waals surface area contributed by atoms with Crippen LogP contribution in [0.15, 0.2) is 78.9 Å². The number of anilines is 2. The summed E-state index contributed by atoms with van der Waals surface area (Å²) in [5.41, 5.74) is 1.71. The van der Waals surface area contributed by atoms with Crippen molar-refractivity contribution in [2.45, 2.75) is 25.5 Å². The van der Waals surface area contributed by atoms with Crippen molar-refractivity contribution >= 4 is 23.2 Å². The lowest BCUT2D eigenvalue weighted by Crippen LogP contribution is -2.37.